The molecule has 0 fully saturated rings. The molecule has 0 aliphatic rings. The second-order valence-electron chi connectivity index (χ2n) is 7.73. The maximum absolute atomic E-state index is 12.1. The van der Waals surface area contributed by atoms with E-state index in [1.165, 1.54) is 75.2 Å². The Kier molecular flexibility index (Phi) is 14.0. The molecule has 0 bridgehead atoms. The van der Waals surface area contributed by atoms with Crippen LogP contribution in [0, 0.1) is 0 Å². The fourth-order valence-corrected chi connectivity index (χ4v) is 3.35. The number of aromatic nitrogens is 1. The fraction of sp³-hybridized carbons (Fsp3) is 0.667. The Balaban J connectivity index is 1.93. The van der Waals surface area contributed by atoms with Gasteiger partial charge in [-0.15, -0.1) is 0 Å². The quantitative estimate of drug-likeness (QED) is 0.236. The van der Waals surface area contributed by atoms with Gasteiger partial charge in [0.25, 0.3) is 0 Å². The van der Waals surface area contributed by atoms with E-state index in [2.05, 4.69) is 19.1 Å². The van der Waals surface area contributed by atoms with E-state index in [-0.39, 0.29) is 12.3 Å². The van der Waals surface area contributed by atoms with Crippen molar-refractivity contribution < 1.29 is 14.7 Å². The summed E-state index contributed by atoms with van der Waals surface area (Å²) in [6.45, 7) is 2.26. The average Bonchev–Trinajstić information content (AvgIpc) is 3.12. The normalized spacial score (nSPS) is 11.3. The van der Waals surface area contributed by atoms with Gasteiger partial charge in [0, 0.05) is 18.8 Å². The van der Waals surface area contributed by atoms with Crippen molar-refractivity contribution in [3.8, 4) is 0 Å². The van der Waals surface area contributed by atoms with E-state index in [1.54, 1.807) is 18.5 Å². The van der Waals surface area contributed by atoms with Crippen molar-refractivity contribution in [2.45, 2.75) is 103 Å². The first-order valence-electron chi connectivity index (χ1n) is 11.2. The molecule has 28 heavy (non-hydrogen) atoms. The number of rotatable bonds is 17. The number of hydrogen-bond donors (Lipinski definition) is 1. The predicted molar refractivity (Wildman–Crippen MR) is 116 cm³/mol. The van der Waals surface area contributed by atoms with Gasteiger partial charge >= 0.3 is 5.97 Å². The van der Waals surface area contributed by atoms with Crippen LogP contribution in [-0.2, 0) is 11.2 Å². The molecule has 4 nitrogen and oxygen atoms in total. The Morgan fingerprint density at radius 3 is 2.07 bits per heavy atom. The molecular formula is C24H39NO3. The van der Waals surface area contributed by atoms with E-state index in [0.29, 0.717) is 12.0 Å². The molecule has 4 heteroatoms. The number of nitrogens with zero attached hydrogens (tertiary/aromatic N) is 1. The third kappa shape index (κ3) is 12.5. The van der Waals surface area contributed by atoms with E-state index in [9.17, 15) is 9.59 Å². The lowest BCUT2D eigenvalue weighted by Gasteiger charge is -2.02. The maximum atomic E-state index is 12.1. The first-order valence-corrected chi connectivity index (χ1v) is 11.2. The van der Waals surface area contributed by atoms with E-state index in [1.807, 2.05) is 0 Å². The predicted octanol–water partition coefficient (Wildman–Crippen LogP) is 6.79. The monoisotopic (exact) mass is 389 g/mol. The zero-order valence-corrected chi connectivity index (χ0v) is 17.7. The van der Waals surface area contributed by atoms with Gasteiger partial charge in [0.05, 0.1) is 6.42 Å². The van der Waals surface area contributed by atoms with Crippen molar-refractivity contribution in [1.29, 1.82) is 0 Å². The van der Waals surface area contributed by atoms with Crippen LogP contribution in [0.1, 0.15) is 107 Å². The van der Waals surface area contributed by atoms with Crippen LogP contribution in [0.15, 0.2) is 30.6 Å². The topological polar surface area (TPSA) is 59.3 Å². The average molecular weight is 390 g/mol. The fourth-order valence-electron chi connectivity index (χ4n) is 3.35. The van der Waals surface area contributed by atoms with Gasteiger partial charge in [-0.2, -0.15) is 0 Å². The van der Waals surface area contributed by atoms with Crippen molar-refractivity contribution >= 4 is 11.9 Å². The molecule has 0 aliphatic carbocycles. The van der Waals surface area contributed by atoms with Crippen LogP contribution in [0.3, 0.4) is 0 Å². The van der Waals surface area contributed by atoms with Crippen molar-refractivity contribution in [3.63, 3.8) is 0 Å². The minimum atomic E-state index is -0.873. The summed E-state index contributed by atoms with van der Waals surface area (Å²) in [7, 11) is 0. The largest absolute Gasteiger partial charge is 0.481 e. The molecule has 0 atom stereocenters. The number of unbranched alkanes of at least 4 members (excludes halogenated alkanes) is 11. The summed E-state index contributed by atoms with van der Waals surface area (Å²) in [5, 5.41) is 8.77. The highest BCUT2D eigenvalue weighted by molar-refractivity contribution is 5.79. The lowest BCUT2D eigenvalue weighted by atomic mass is 10.1. The molecule has 0 amide bonds. The Morgan fingerprint density at radius 2 is 1.46 bits per heavy atom. The van der Waals surface area contributed by atoms with Crippen molar-refractivity contribution in [2.75, 3.05) is 0 Å². The van der Waals surface area contributed by atoms with Crippen molar-refractivity contribution in [2.24, 2.45) is 0 Å². The second kappa shape index (κ2) is 16.1. The summed E-state index contributed by atoms with van der Waals surface area (Å²) >= 11 is 0. The van der Waals surface area contributed by atoms with Gasteiger partial charge in [0.2, 0.25) is 5.91 Å². The van der Waals surface area contributed by atoms with Gasteiger partial charge in [0.15, 0.2) is 0 Å². The Bertz CT molecular complexity index is 574. The summed E-state index contributed by atoms with van der Waals surface area (Å²) in [6, 6.07) is 1.70. The Hall–Kier alpha value is -1.84. The van der Waals surface area contributed by atoms with Crippen LogP contribution < -0.4 is 0 Å². The third-order valence-corrected chi connectivity index (χ3v) is 5.05. The summed E-state index contributed by atoms with van der Waals surface area (Å²) < 4.78 is 1.52. The first kappa shape index (κ1) is 24.2. The molecule has 1 N–H and O–H groups in total. The standard InChI is InChI=1S/C24H39NO3/c1-2-3-4-5-6-7-8-9-10-11-12-13-14-15-16-17-23(26)25-19-18-22(21-25)20-24(27)28/h9-10,18-19,21H,2-8,11-17,20H2,1H3,(H,27,28)/b10-9+. The SMILES string of the molecule is CCCCCCCC/C=C/CCCCCCCC(=O)n1ccc(CC(=O)O)c1. The minimum Gasteiger partial charge on any atom is -0.481 e. The number of carboxylic acid groups (broad SMARTS) is 1. The summed E-state index contributed by atoms with van der Waals surface area (Å²) in [5.41, 5.74) is 0.672. The number of carboxylic acids is 1. The van der Waals surface area contributed by atoms with Crippen molar-refractivity contribution in [3.05, 3.63) is 36.2 Å². The van der Waals surface area contributed by atoms with Gasteiger partial charge in [-0.1, -0.05) is 70.4 Å². The highest BCUT2D eigenvalue weighted by atomic mass is 16.4. The number of carbonyl (C=O) groups excluding carboxylic acids is 1. The Morgan fingerprint density at radius 1 is 0.893 bits per heavy atom. The molecule has 158 valence electrons. The molecule has 1 aromatic rings. The molecule has 0 saturated carbocycles. The molecule has 0 radical (unpaired) electrons. The molecule has 0 saturated heterocycles. The number of aliphatic carboxylic acids is 1. The first-order chi connectivity index (χ1) is 13.6. The van der Waals surface area contributed by atoms with Crippen LogP contribution in [0.25, 0.3) is 0 Å². The number of carbonyl (C=O) groups is 2. The van der Waals surface area contributed by atoms with Gasteiger partial charge in [-0.25, -0.2) is 0 Å². The zero-order valence-electron chi connectivity index (χ0n) is 17.7. The van der Waals surface area contributed by atoms with E-state index in [4.69, 9.17) is 5.11 Å². The van der Waals surface area contributed by atoms with Crippen LogP contribution in [0.5, 0.6) is 0 Å². The summed E-state index contributed by atoms with van der Waals surface area (Å²) in [4.78, 5) is 22.8. The molecule has 1 aromatic heterocycles. The maximum Gasteiger partial charge on any atom is 0.307 e. The molecule has 0 aliphatic heterocycles. The van der Waals surface area contributed by atoms with Gasteiger partial charge in [-0.05, 0) is 43.7 Å². The molecule has 0 unspecified atom stereocenters. The molecule has 1 rings (SSSR count). The zero-order chi connectivity index (χ0) is 20.5. The molecule has 1 heterocycles. The molecule has 0 spiro atoms. The highest BCUT2D eigenvalue weighted by Gasteiger charge is 2.07. The minimum absolute atomic E-state index is 0.0340. The third-order valence-electron chi connectivity index (χ3n) is 5.05. The smallest absolute Gasteiger partial charge is 0.307 e. The van der Waals surface area contributed by atoms with E-state index in [0.717, 1.165) is 12.8 Å². The summed E-state index contributed by atoms with van der Waals surface area (Å²) in [6.07, 6.45) is 24.6. The second-order valence-corrected chi connectivity index (χ2v) is 7.73. The van der Waals surface area contributed by atoms with E-state index < -0.39 is 5.97 Å². The van der Waals surface area contributed by atoms with Gasteiger partial charge in [-0.3, -0.25) is 14.2 Å². The van der Waals surface area contributed by atoms with Crippen LogP contribution >= 0.6 is 0 Å². The number of hydrogen-bond acceptors (Lipinski definition) is 2. The lowest BCUT2D eigenvalue weighted by molar-refractivity contribution is -0.136. The van der Waals surface area contributed by atoms with Crippen LogP contribution in [-0.4, -0.2) is 21.6 Å². The lowest BCUT2D eigenvalue weighted by Crippen LogP contribution is -2.08. The Labute approximate surface area is 171 Å². The van der Waals surface area contributed by atoms with Gasteiger partial charge < -0.3 is 5.11 Å². The van der Waals surface area contributed by atoms with Crippen LogP contribution in [0.4, 0.5) is 0 Å². The molecular weight excluding hydrogens is 350 g/mol. The van der Waals surface area contributed by atoms with Crippen LogP contribution in [0.2, 0.25) is 0 Å². The summed E-state index contributed by atoms with van der Waals surface area (Å²) in [5.74, 6) is -0.822. The highest BCUT2D eigenvalue weighted by Crippen LogP contribution is 2.11. The van der Waals surface area contributed by atoms with E-state index >= 15 is 0 Å². The molecule has 0 aromatic carbocycles. The van der Waals surface area contributed by atoms with Crippen molar-refractivity contribution in [1.82, 2.24) is 4.57 Å². The number of allylic oxidation sites excluding steroid dienone is 2. The van der Waals surface area contributed by atoms with Gasteiger partial charge in [0.1, 0.15) is 0 Å².